The molecule has 2 rings (SSSR count). The van der Waals surface area contributed by atoms with E-state index >= 15 is 0 Å². The number of allylic oxidation sites excluding steroid dienone is 2. The van der Waals surface area contributed by atoms with Crippen LogP contribution in [0.5, 0.6) is 0 Å². The van der Waals surface area contributed by atoms with Gasteiger partial charge in [-0.3, -0.25) is 9.59 Å². The van der Waals surface area contributed by atoms with Gasteiger partial charge in [-0.1, -0.05) is 0 Å². The van der Waals surface area contributed by atoms with Crippen molar-refractivity contribution in [1.82, 2.24) is 4.90 Å². The number of aliphatic hydroxyl groups excluding tert-OH is 1. The van der Waals surface area contributed by atoms with Gasteiger partial charge in [0.2, 0.25) is 11.6 Å². The summed E-state index contributed by atoms with van der Waals surface area (Å²) in [5, 5.41) is 9.93. The third-order valence-electron chi connectivity index (χ3n) is 2.37. The lowest BCUT2D eigenvalue weighted by Crippen LogP contribution is -2.29. The van der Waals surface area contributed by atoms with E-state index < -0.39 is 43.9 Å². The van der Waals surface area contributed by atoms with Crippen LogP contribution in [0.25, 0.3) is 0 Å². The van der Waals surface area contributed by atoms with Crippen LogP contribution in [0, 0.1) is 0 Å². The molecule has 0 aromatic rings. The molecular formula is C11H13NO3. The SMILES string of the molecule is [2H]C([2H])([2H])C([2H])(N1CC(O)C2=CC(=O)C(=O)C=C21)C([2H])([2H])[2H]. The summed E-state index contributed by atoms with van der Waals surface area (Å²) in [4.78, 5) is 23.5. The zero-order chi connectivity index (χ0) is 17.1. The fraction of sp³-hybridized carbons (Fsp3) is 0.455. The highest BCUT2D eigenvalue weighted by Crippen LogP contribution is 2.31. The van der Waals surface area contributed by atoms with Crippen LogP contribution >= 0.6 is 0 Å². The summed E-state index contributed by atoms with van der Waals surface area (Å²) >= 11 is 0. The van der Waals surface area contributed by atoms with E-state index in [2.05, 4.69) is 0 Å². The Bertz CT molecular complexity index is 588. The number of likely N-dealkylation sites (tertiary alicyclic amines) is 1. The Morgan fingerprint density at radius 3 is 2.87 bits per heavy atom. The number of hydrogen-bond acceptors (Lipinski definition) is 4. The van der Waals surface area contributed by atoms with E-state index in [1.807, 2.05) is 0 Å². The standard InChI is InChI=1S/C11H13NO3/c1-6(2)12-5-11(15)7-3-9(13)10(14)4-8(7)12/h3-4,6,11,15H,5H2,1-2H3/i1D3,2D3,6D. The summed E-state index contributed by atoms with van der Waals surface area (Å²) in [6, 6.07) is -3.05. The second kappa shape index (κ2) is 3.31. The first-order valence-electron chi connectivity index (χ1n) is 7.78. The highest BCUT2D eigenvalue weighted by Gasteiger charge is 2.35. The first-order valence-corrected chi connectivity index (χ1v) is 4.28. The quantitative estimate of drug-likeness (QED) is 0.494. The molecule has 15 heavy (non-hydrogen) atoms. The number of hydrogen-bond donors (Lipinski definition) is 1. The van der Waals surface area contributed by atoms with Crippen molar-refractivity contribution in [2.45, 2.75) is 25.8 Å². The maximum atomic E-state index is 11.5. The van der Waals surface area contributed by atoms with Gasteiger partial charge < -0.3 is 10.0 Å². The molecule has 80 valence electrons. The molecule has 0 aromatic heterocycles. The van der Waals surface area contributed by atoms with Crippen molar-refractivity contribution in [3.8, 4) is 0 Å². The first kappa shape index (κ1) is 4.61. The summed E-state index contributed by atoms with van der Waals surface area (Å²) in [5.74, 6) is -1.85. The summed E-state index contributed by atoms with van der Waals surface area (Å²) < 4.78 is 52.7. The lowest BCUT2D eigenvalue weighted by atomic mass is 10.0. The zero-order valence-electron chi connectivity index (χ0n) is 14.7. The minimum Gasteiger partial charge on any atom is -0.386 e. The van der Waals surface area contributed by atoms with Crippen LogP contribution in [0.4, 0.5) is 0 Å². The van der Waals surface area contributed by atoms with Gasteiger partial charge in [-0.15, -0.1) is 0 Å². The molecule has 4 heteroatoms. The highest BCUT2D eigenvalue weighted by molar-refractivity contribution is 6.46. The van der Waals surface area contributed by atoms with Crippen molar-refractivity contribution in [2.24, 2.45) is 0 Å². The van der Waals surface area contributed by atoms with Crippen molar-refractivity contribution >= 4 is 11.6 Å². The number of ketones is 2. The van der Waals surface area contributed by atoms with Gasteiger partial charge in [-0.2, -0.15) is 0 Å². The van der Waals surface area contributed by atoms with E-state index in [1.165, 1.54) is 0 Å². The van der Waals surface area contributed by atoms with Gasteiger partial charge in [0.25, 0.3) is 0 Å². The molecule has 2 aliphatic rings. The van der Waals surface area contributed by atoms with Crippen molar-refractivity contribution in [3.05, 3.63) is 23.4 Å². The molecule has 0 amide bonds. The van der Waals surface area contributed by atoms with Crippen molar-refractivity contribution in [3.63, 3.8) is 0 Å². The van der Waals surface area contributed by atoms with E-state index in [9.17, 15) is 14.7 Å². The molecule has 0 radical (unpaired) electrons. The fourth-order valence-electron chi connectivity index (χ4n) is 1.65. The lowest BCUT2D eigenvalue weighted by Gasteiger charge is -2.24. The number of aliphatic hydroxyl groups is 1. The van der Waals surface area contributed by atoms with Gasteiger partial charge in [-0.25, -0.2) is 0 Å². The molecule has 1 heterocycles. The summed E-state index contributed by atoms with van der Waals surface area (Å²) in [6.45, 7) is -6.98. The number of fused-ring (bicyclic) bond motifs is 1. The third-order valence-corrected chi connectivity index (χ3v) is 2.37. The van der Waals surface area contributed by atoms with Gasteiger partial charge in [0.1, 0.15) is 0 Å². The second-order valence-electron chi connectivity index (χ2n) is 3.33. The monoisotopic (exact) mass is 214 g/mol. The first-order chi connectivity index (χ1) is 9.80. The van der Waals surface area contributed by atoms with Crippen LogP contribution < -0.4 is 0 Å². The number of carbonyl (C=O) groups excluding carboxylic acids is 2. The largest absolute Gasteiger partial charge is 0.386 e. The predicted octanol–water partition coefficient (Wildman–Crippen LogP) is 0.0334. The maximum Gasteiger partial charge on any atom is 0.227 e. The Morgan fingerprint density at radius 1 is 1.53 bits per heavy atom. The van der Waals surface area contributed by atoms with Gasteiger partial charge in [0.15, 0.2) is 0 Å². The maximum absolute atomic E-state index is 11.5. The number of nitrogens with zero attached hydrogens (tertiary/aromatic N) is 1. The second-order valence-corrected chi connectivity index (χ2v) is 3.33. The van der Waals surface area contributed by atoms with Crippen LogP contribution in [0.3, 0.4) is 0 Å². The van der Waals surface area contributed by atoms with Gasteiger partial charge in [0.05, 0.1) is 7.47 Å². The highest BCUT2D eigenvalue weighted by atomic mass is 16.3. The average Bonchev–Trinajstić information content (AvgIpc) is 2.64. The molecule has 1 unspecified atom stereocenters. The zero-order valence-corrected chi connectivity index (χ0v) is 7.65. The molecule has 1 N–H and O–H groups in total. The fourth-order valence-corrected chi connectivity index (χ4v) is 1.65. The Hall–Kier alpha value is -1.42. The summed E-state index contributed by atoms with van der Waals surface area (Å²) in [7, 11) is 0. The Morgan fingerprint density at radius 2 is 2.20 bits per heavy atom. The number of rotatable bonds is 1. The smallest absolute Gasteiger partial charge is 0.227 e. The number of β-amino-alcohol motifs (C(OH)–C–C–N with tert-alkyl or cyclic N) is 1. The molecule has 1 fully saturated rings. The van der Waals surface area contributed by atoms with Crippen LogP contribution in [0.2, 0.25) is 0 Å². The molecule has 1 aliphatic carbocycles. The van der Waals surface area contributed by atoms with Crippen LogP contribution in [-0.4, -0.2) is 40.2 Å². The van der Waals surface area contributed by atoms with E-state index in [0.717, 1.165) is 12.2 Å². The van der Waals surface area contributed by atoms with Crippen molar-refractivity contribution in [1.29, 1.82) is 0 Å². The Labute approximate surface area is 97.7 Å². The lowest BCUT2D eigenvalue weighted by molar-refractivity contribution is -0.131. The number of carbonyl (C=O) groups is 2. The molecule has 1 aliphatic heterocycles. The normalized spacial score (nSPS) is 34.9. The van der Waals surface area contributed by atoms with E-state index in [0.29, 0.717) is 4.90 Å². The van der Waals surface area contributed by atoms with E-state index in [4.69, 9.17) is 9.60 Å². The minimum atomic E-state index is -3.24. The van der Waals surface area contributed by atoms with Crippen LogP contribution in [0.1, 0.15) is 23.3 Å². The molecule has 1 atom stereocenters. The van der Waals surface area contributed by atoms with E-state index in [1.54, 1.807) is 0 Å². The van der Waals surface area contributed by atoms with E-state index in [-0.39, 0.29) is 11.3 Å². The van der Waals surface area contributed by atoms with Crippen molar-refractivity contribution < 1.29 is 24.3 Å². The van der Waals surface area contributed by atoms with Crippen LogP contribution in [0.15, 0.2) is 23.4 Å². The predicted molar refractivity (Wildman–Crippen MR) is 54.0 cm³/mol. The molecule has 0 bridgehead atoms. The molecule has 0 spiro atoms. The van der Waals surface area contributed by atoms with Gasteiger partial charge >= 0.3 is 0 Å². The van der Waals surface area contributed by atoms with Crippen molar-refractivity contribution in [2.75, 3.05) is 6.54 Å². The van der Waals surface area contributed by atoms with Gasteiger partial charge in [0, 0.05) is 38.1 Å². The molecule has 0 saturated carbocycles. The topological polar surface area (TPSA) is 57.6 Å². The Balaban J connectivity index is 2.61. The third kappa shape index (κ3) is 1.51. The summed E-state index contributed by atoms with van der Waals surface area (Å²) in [5.41, 5.74) is -0.255. The minimum absolute atomic E-state index is 0.0466. The molecule has 1 saturated heterocycles. The molecule has 0 aromatic carbocycles. The molecule has 4 nitrogen and oxygen atoms in total. The Kier molecular flexibility index (Phi) is 1.02. The summed E-state index contributed by atoms with van der Waals surface area (Å²) in [6.07, 6.45) is 0.272. The molecular weight excluding hydrogens is 194 g/mol. The van der Waals surface area contributed by atoms with Crippen LogP contribution in [-0.2, 0) is 9.59 Å². The van der Waals surface area contributed by atoms with Gasteiger partial charge in [-0.05, 0) is 19.8 Å². The average molecular weight is 214 g/mol.